The Balaban J connectivity index is 3.02. The van der Waals surface area contributed by atoms with Crippen molar-refractivity contribution >= 4 is 5.97 Å². The Morgan fingerprint density at radius 2 is 2.10 bits per heavy atom. The van der Waals surface area contributed by atoms with Gasteiger partial charge < -0.3 is 10.5 Å². The van der Waals surface area contributed by atoms with Crippen molar-refractivity contribution < 1.29 is 9.53 Å². The van der Waals surface area contributed by atoms with Gasteiger partial charge in [0.15, 0.2) is 0 Å². The average Bonchev–Trinajstić information content (AvgIpc) is 2.38. The first-order chi connectivity index (χ1) is 9.30. The predicted molar refractivity (Wildman–Crippen MR) is 78.0 cm³/mol. The molecule has 108 valence electrons. The number of nitriles is 1. The number of carbonyl (C=O) groups excluding carboxylic acids is 1. The fourth-order valence-corrected chi connectivity index (χ4v) is 1.97. The topological polar surface area (TPSA) is 76.1 Å². The molecule has 0 bridgehead atoms. The van der Waals surface area contributed by atoms with E-state index in [1.165, 1.54) is 0 Å². The number of nitrogens with two attached hydrogens (primary N) is 1. The molecule has 1 aromatic rings. The summed E-state index contributed by atoms with van der Waals surface area (Å²) in [6, 6.07) is 7.69. The number of ether oxygens (including phenoxy) is 1. The van der Waals surface area contributed by atoms with E-state index in [2.05, 4.69) is 6.07 Å². The zero-order valence-corrected chi connectivity index (χ0v) is 12.6. The molecule has 0 saturated heterocycles. The van der Waals surface area contributed by atoms with E-state index in [1.807, 2.05) is 39.0 Å². The van der Waals surface area contributed by atoms with E-state index in [0.717, 1.165) is 16.7 Å². The molecule has 0 radical (unpaired) electrons. The number of aryl methyl sites for hydroxylation is 1. The van der Waals surface area contributed by atoms with Crippen molar-refractivity contribution in [1.82, 2.24) is 0 Å². The number of benzene rings is 1. The molecule has 0 aliphatic rings. The Morgan fingerprint density at radius 1 is 1.45 bits per heavy atom. The van der Waals surface area contributed by atoms with Gasteiger partial charge in [0.2, 0.25) is 0 Å². The highest BCUT2D eigenvalue weighted by Gasteiger charge is 2.22. The van der Waals surface area contributed by atoms with Gasteiger partial charge in [-0.3, -0.25) is 4.79 Å². The standard InChI is InChI=1S/C16H22N2O2/c1-5-20-15(19)9-14(18)12-6-11(2)7-13(8-12)16(3,4)10-17/h6-8,14H,5,9,18H2,1-4H3. The lowest BCUT2D eigenvalue weighted by molar-refractivity contribution is -0.143. The largest absolute Gasteiger partial charge is 0.466 e. The Kier molecular flexibility index (Phi) is 5.29. The van der Waals surface area contributed by atoms with Crippen LogP contribution in [-0.2, 0) is 14.9 Å². The maximum absolute atomic E-state index is 11.5. The molecule has 0 aliphatic heterocycles. The molecule has 2 N–H and O–H groups in total. The van der Waals surface area contributed by atoms with Crippen molar-refractivity contribution in [3.05, 3.63) is 34.9 Å². The minimum atomic E-state index is -0.579. The summed E-state index contributed by atoms with van der Waals surface area (Å²) in [6.45, 7) is 7.80. The first-order valence-corrected chi connectivity index (χ1v) is 6.74. The van der Waals surface area contributed by atoms with Gasteiger partial charge in [0.1, 0.15) is 0 Å². The van der Waals surface area contributed by atoms with Crippen molar-refractivity contribution in [3.63, 3.8) is 0 Å². The van der Waals surface area contributed by atoms with Crippen LogP contribution in [0, 0.1) is 18.3 Å². The second-order valence-electron chi connectivity index (χ2n) is 5.48. The van der Waals surface area contributed by atoms with Crippen molar-refractivity contribution in [1.29, 1.82) is 5.26 Å². The van der Waals surface area contributed by atoms with Crippen LogP contribution in [0.2, 0.25) is 0 Å². The second kappa shape index (κ2) is 6.53. The quantitative estimate of drug-likeness (QED) is 0.838. The molecule has 4 heteroatoms. The fourth-order valence-electron chi connectivity index (χ4n) is 1.97. The summed E-state index contributed by atoms with van der Waals surface area (Å²) < 4.78 is 4.91. The van der Waals surface area contributed by atoms with E-state index in [0.29, 0.717) is 6.61 Å². The van der Waals surface area contributed by atoms with Gasteiger partial charge in [-0.2, -0.15) is 5.26 Å². The van der Waals surface area contributed by atoms with Crippen LogP contribution < -0.4 is 5.73 Å². The third kappa shape index (κ3) is 4.07. The van der Waals surface area contributed by atoms with Crippen LogP contribution in [0.25, 0.3) is 0 Å². The molecule has 1 rings (SSSR count). The average molecular weight is 274 g/mol. The highest BCUT2D eigenvalue weighted by molar-refractivity contribution is 5.70. The van der Waals surface area contributed by atoms with Crippen molar-refractivity contribution in [2.75, 3.05) is 6.61 Å². The van der Waals surface area contributed by atoms with Crippen molar-refractivity contribution in [3.8, 4) is 6.07 Å². The summed E-state index contributed by atoms with van der Waals surface area (Å²) in [7, 11) is 0. The SMILES string of the molecule is CCOC(=O)CC(N)c1cc(C)cc(C(C)(C)C#N)c1. The first-order valence-electron chi connectivity index (χ1n) is 6.74. The van der Waals surface area contributed by atoms with Gasteiger partial charge in [-0.15, -0.1) is 0 Å². The molecule has 0 aliphatic carbocycles. The lowest BCUT2D eigenvalue weighted by Crippen LogP contribution is -2.19. The second-order valence-corrected chi connectivity index (χ2v) is 5.48. The van der Waals surface area contributed by atoms with E-state index in [9.17, 15) is 10.1 Å². The summed E-state index contributed by atoms with van der Waals surface area (Å²) in [6.07, 6.45) is 0.143. The van der Waals surface area contributed by atoms with Gasteiger partial charge >= 0.3 is 5.97 Å². The highest BCUT2D eigenvalue weighted by Crippen LogP contribution is 2.27. The molecule has 0 fully saturated rings. The molecule has 0 spiro atoms. The van der Waals surface area contributed by atoms with Gasteiger partial charge in [0.25, 0.3) is 0 Å². The molecule has 0 saturated carbocycles. The zero-order chi connectivity index (χ0) is 15.3. The molecular formula is C16H22N2O2. The summed E-state index contributed by atoms with van der Waals surface area (Å²) in [4.78, 5) is 11.5. The highest BCUT2D eigenvalue weighted by atomic mass is 16.5. The van der Waals surface area contributed by atoms with Gasteiger partial charge in [-0.1, -0.05) is 23.8 Å². The van der Waals surface area contributed by atoms with Gasteiger partial charge in [-0.05, 0) is 38.8 Å². The van der Waals surface area contributed by atoms with Gasteiger partial charge in [0, 0.05) is 6.04 Å². The van der Waals surface area contributed by atoms with E-state index >= 15 is 0 Å². The molecular weight excluding hydrogens is 252 g/mol. The third-order valence-electron chi connectivity index (χ3n) is 3.22. The van der Waals surface area contributed by atoms with Crippen LogP contribution in [0.3, 0.4) is 0 Å². The molecule has 1 unspecified atom stereocenters. The Bertz CT molecular complexity index is 530. The van der Waals surface area contributed by atoms with E-state index in [-0.39, 0.29) is 12.4 Å². The summed E-state index contributed by atoms with van der Waals surface area (Å²) in [5.74, 6) is -0.303. The van der Waals surface area contributed by atoms with Crippen LogP contribution in [0.15, 0.2) is 18.2 Å². The van der Waals surface area contributed by atoms with Crippen molar-refractivity contribution in [2.24, 2.45) is 5.73 Å². The van der Waals surface area contributed by atoms with Crippen molar-refractivity contribution in [2.45, 2.75) is 45.6 Å². The number of rotatable bonds is 5. The van der Waals surface area contributed by atoms with Crippen LogP contribution in [0.1, 0.15) is 49.9 Å². The maximum Gasteiger partial charge on any atom is 0.307 e. The minimum Gasteiger partial charge on any atom is -0.466 e. The number of hydrogen-bond acceptors (Lipinski definition) is 4. The number of esters is 1. The van der Waals surface area contributed by atoms with E-state index in [4.69, 9.17) is 10.5 Å². The molecule has 0 heterocycles. The number of hydrogen-bond donors (Lipinski definition) is 1. The molecule has 1 aromatic carbocycles. The first kappa shape index (κ1) is 16.2. The Morgan fingerprint density at radius 3 is 2.65 bits per heavy atom. The van der Waals surface area contributed by atoms with E-state index < -0.39 is 11.5 Å². The lowest BCUT2D eigenvalue weighted by atomic mass is 9.83. The lowest BCUT2D eigenvalue weighted by Gasteiger charge is -2.20. The smallest absolute Gasteiger partial charge is 0.307 e. The zero-order valence-electron chi connectivity index (χ0n) is 12.6. The van der Waals surface area contributed by atoms with Crippen LogP contribution in [0.5, 0.6) is 0 Å². The van der Waals surface area contributed by atoms with Crippen LogP contribution in [0.4, 0.5) is 0 Å². The normalized spacial score (nSPS) is 12.6. The third-order valence-corrected chi connectivity index (χ3v) is 3.22. The molecule has 20 heavy (non-hydrogen) atoms. The van der Waals surface area contributed by atoms with E-state index in [1.54, 1.807) is 6.92 Å². The number of carbonyl (C=O) groups is 1. The molecule has 0 amide bonds. The fraction of sp³-hybridized carbons (Fsp3) is 0.500. The Labute approximate surface area is 120 Å². The van der Waals surface area contributed by atoms with Crippen LogP contribution in [-0.4, -0.2) is 12.6 Å². The maximum atomic E-state index is 11.5. The summed E-state index contributed by atoms with van der Waals surface area (Å²) in [5.41, 5.74) is 8.28. The summed E-state index contributed by atoms with van der Waals surface area (Å²) >= 11 is 0. The predicted octanol–water partition coefficient (Wildman–Crippen LogP) is 2.75. The molecule has 0 aromatic heterocycles. The number of nitrogens with zero attached hydrogens (tertiary/aromatic N) is 1. The van der Waals surface area contributed by atoms with Gasteiger partial charge in [0.05, 0.1) is 24.5 Å². The van der Waals surface area contributed by atoms with Gasteiger partial charge in [-0.25, -0.2) is 0 Å². The Hall–Kier alpha value is -1.86. The van der Waals surface area contributed by atoms with Crippen LogP contribution >= 0.6 is 0 Å². The summed E-state index contributed by atoms with van der Waals surface area (Å²) in [5, 5.41) is 9.23. The monoisotopic (exact) mass is 274 g/mol. The minimum absolute atomic E-state index is 0.143. The molecule has 1 atom stereocenters. The molecule has 4 nitrogen and oxygen atoms in total.